The lowest BCUT2D eigenvalue weighted by Gasteiger charge is -2.43. The molecule has 0 saturated carbocycles. The molecule has 0 aromatic heterocycles. The summed E-state index contributed by atoms with van der Waals surface area (Å²) in [5.74, 6) is -1.24. The van der Waals surface area contributed by atoms with Gasteiger partial charge in [0.05, 0.1) is 0 Å². The highest BCUT2D eigenvalue weighted by Gasteiger charge is 2.49. The van der Waals surface area contributed by atoms with Crippen LogP contribution in [0.3, 0.4) is 0 Å². The Morgan fingerprint density at radius 1 is 1.09 bits per heavy atom. The molecule has 2 rings (SSSR count). The number of thioether (sulfide) groups is 1. The summed E-state index contributed by atoms with van der Waals surface area (Å²) in [7, 11) is 0. The number of nitrogens with zero attached hydrogens (tertiary/aromatic N) is 3. The Hall–Kier alpha value is -2.46. The number of halogens is 1. The zero-order chi connectivity index (χ0) is 23.7. The molecular formula is C20H24ClN3O7S. The zero-order valence-corrected chi connectivity index (χ0v) is 19.4. The molecule has 174 valence electrons. The smallest absolute Gasteiger partial charge is 0.303 e. The molecule has 1 aliphatic heterocycles. The number of rotatable bonds is 9. The first-order chi connectivity index (χ1) is 15.2. The van der Waals surface area contributed by atoms with Gasteiger partial charge in [0.15, 0.2) is 0 Å². The van der Waals surface area contributed by atoms with Gasteiger partial charge in [0.25, 0.3) is 0 Å². The van der Waals surface area contributed by atoms with Crippen LogP contribution in [0, 0.1) is 0 Å². The fourth-order valence-electron chi connectivity index (χ4n) is 3.15. The molecule has 0 spiro atoms. The van der Waals surface area contributed by atoms with Crippen molar-refractivity contribution in [2.24, 2.45) is 5.11 Å². The van der Waals surface area contributed by atoms with E-state index in [1.54, 1.807) is 12.1 Å². The summed E-state index contributed by atoms with van der Waals surface area (Å²) in [4.78, 5) is 37.6. The molecular weight excluding hydrogens is 462 g/mol. The minimum atomic E-state index is -1.11. The van der Waals surface area contributed by atoms with Gasteiger partial charge >= 0.3 is 17.9 Å². The highest BCUT2D eigenvalue weighted by Crippen LogP contribution is 2.34. The highest BCUT2D eigenvalue weighted by molar-refractivity contribution is 7.99. The molecule has 0 N–H and O–H groups in total. The number of ether oxygens (including phenoxy) is 4. The van der Waals surface area contributed by atoms with Crippen LogP contribution in [0.5, 0.6) is 0 Å². The molecule has 1 aromatic rings. The molecule has 0 amide bonds. The van der Waals surface area contributed by atoms with Crippen molar-refractivity contribution in [1.82, 2.24) is 0 Å². The maximum absolute atomic E-state index is 11.7. The number of hydrogen-bond acceptors (Lipinski definition) is 9. The first-order valence-corrected chi connectivity index (χ1v) is 11.2. The molecule has 1 aliphatic rings. The lowest BCUT2D eigenvalue weighted by molar-refractivity contribution is -0.201. The standard InChI is InChI=1S/C20H24ClN3O7S/c1-11(25)28-10-16-18(29-12(2)26)17(23-24-22)19(30-13(3)27)20(31-16)32-9-8-14-4-6-15(21)7-5-14/h4-7,16-20H,8-10H2,1-3H3/t16?,17?,18-,19?,20+/m0/s1. The van der Waals surface area contributed by atoms with Crippen molar-refractivity contribution in [2.45, 2.75) is 57.0 Å². The second kappa shape index (κ2) is 12.5. The SMILES string of the molecule is CC(=O)OCC1O[C@H](SCCc2ccc(Cl)cc2)C(OC(C)=O)C(N=[N+]=[N-])[C@H]1OC(C)=O. The summed E-state index contributed by atoms with van der Waals surface area (Å²) >= 11 is 7.25. The Balaban J connectivity index is 2.25. The summed E-state index contributed by atoms with van der Waals surface area (Å²) < 4.78 is 21.8. The third-order valence-corrected chi connectivity index (χ3v) is 5.84. The van der Waals surface area contributed by atoms with Crippen LogP contribution in [-0.2, 0) is 39.8 Å². The number of carbonyl (C=O) groups excluding carboxylic acids is 3. The molecule has 10 nitrogen and oxygen atoms in total. The summed E-state index contributed by atoms with van der Waals surface area (Å²) in [6.45, 7) is 3.40. The Labute approximate surface area is 194 Å². The number of esters is 3. The van der Waals surface area contributed by atoms with Gasteiger partial charge in [0, 0.05) is 30.7 Å². The molecule has 1 saturated heterocycles. The molecule has 0 bridgehead atoms. The normalized spacial score (nSPS) is 24.7. The summed E-state index contributed by atoms with van der Waals surface area (Å²) in [5, 5.41) is 4.37. The van der Waals surface area contributed by atoms with Crippen LogP contribution >= 0.6 is 23.4 Å². The van der Waals surface area contributed by atoms with Gasteiger partial charge in [-0.25, -0.2) is 0 Å². The van der Waals surface area contributed by atoms with Crippen molar-refractivity contribution in [3.63, 3.8) is 0 Å². The minimum absolute atomic E-state index is 0.230. The quantitative estimate of drug-likeness (QED) is 0.170. The predicted molar refractivity (Wildman–Crippen MR) is 117 cm³/mol. The lowest BCUT2D eigenvalue weighted by Crippen LogP contribution is -2.59. The fourth-order valence-corrected chi connectivity index (χ4v) is 4.49. The molecule has 1 aromatic carbocycles. The van der Waals surface area contributed by atoms with Crippen LogP contribution in [0.1, 0.15) is 26.3 Å². The Bertz CT molecular complexity index is 863. The Morgan fingerprint density at radius 2 is 1.72 bits per heavy atom. The maximum Gasteiger partial charge on any atom is 0.303 e. The fraction of sp³-hybridized carbons (Fsp3) is 0.550. The molecule has 3 unspecified atom stereocenters. The zero-order valence-electron chi connectivity index (χ0n) is 17.8. The van der Waals surface area contributed by atoms with Crippen LogP contribution in [-0.4, -0.2) is 60.1 Å². The van der Waals surface area contributed by atoms with Gasteiger partial charge in [0.2, 0.25) is 0 Å². The van der Waals surface area contributed by atoms with Crippen molar-refractivity contribution >= 4 is 41.3 Å². The minimum Gasteiger partial charge on any atom is -0.463 e. The largest absolute Gasteiger partial charge is 0.463 e. The first kappa shape index (κ1) is 25.8. The molecule has 1 heterocycles. The second-order valence-corrected chi connectivity index (χ2v) is 8.58. The van der Waals surface area contributed by atoms with E-state index in [4.69, 9.17) is 36.1 Å². The molecule has 5 atom stereocenters. The van der Waals surface area contributed by atoms with E-state index in [0.717, 1.165) is 5.56 Å². The van der Waals surface area contributed by atoms with E-state index >= 15 is 0 Å². The number of azide groups is 1. The average molecular weight is 486 g/mol. The number of carbonyl (C=O) groups is 3. The molecule has 0 aliphatic carbocycles. The van der Waals surface area contributed by atoms with Gasteiger partial charge in [-0.2, -0.15) is 0 Å². The van der Waals surface area contributed by atoms with Crippen molar-refractivity contribution in [1.29, 1.82) is 0 Å². The first-order valence-electron chi connectivity index (χ1n) is 9.74. The van der Waals surface area contributed by atoms with E-state index in [9.17, 15) is 14.4 Å². The van der Waals surface area contributed by atoms with E-state index in [2.05, 4.69) is 10.0 Å². The molecule has 1 fully saturated rings. The van der Waals surface area contributed by atoms with Crippen LogP contribution in [0.2, 0.25) is 5.02 Å². The highest BCUT2D eigenvalue weighted by atomic mass is 35.5. The van der Waals surface area contributed by atoms with Crippen molar-refractivity contribution in [3.05, 3.63) is 45.3 Å². The van der Waals surface area contributed by atoms with Gasteiger partial charge in [0.1, 0.15) is 36.4 Å². The molecule has 0 radical (unpaired) electrons. The topological polar surface area (TPSA) is 137 Å². The van der Waals surface area contributed by atoms with Crippen LogP contribution in [0.25, 0.3) is 10.4 Å². The van der Waals surface area contributed by atoms with E-state index in [1.165, 1.54) is 32.5 Å². The maximum atomic E-state index is 11.7. The Morgan fingerprint density at radius 3 is 2.28 bits per heavy atom. The summed E-state index contributed by atoms with van der Waals surface area (Å²) in [6, 6.07) is 6.30. The lowest BCUT2D eigenvalue weighted by atomic mass is 9.97. The van der Waals surface area contributed by atoms with Crippen molar-refractivity contribution in [3.8, 4) is 0 Å². The van der Waals surface area contributed by atoms with Gasteiger partial charge < -0.3 is 18.9 Å². The summed E-state index contributed by atoms with van der Waals surface area (Å²) in [5.41, 5.74) is 9.38. The number of aryl methyl sites for hydroxylation is 1. The van der Waals surface area contributed by atoms with E-state index in [0.29, 0.717) is 17.2 Å². The number of benzene rings is 1. The van der Waals surface area contributed by atoms with Crippen molar-refractivity contribution in [2.75, 3.05) is 12.4 Å². The third kappa shape index (κ3) is 7.90. The molecule has 12 heteroatoms. The second-order valence-electron chi connectivity index (χ2n) is 6.94. The van der Waals surface area contributed by atoms with Gasteiger partial charge in [-0.3, -0.25) is 14.4 Å². The van der Waals surface area contributed by atoms with Gasteiger partial charge in [-0.15, -0.1) is 11.8 Å². The van der Waals surface area contributed by atoms with Gasteiger partial charge in [-0.1, -0.05) is 28.8 Å². The Kier molecular flexibility index (Phi) is 10.1. The third-order valence-electron chi connectivity index (χ3n) is 4.44. The van der Waals surface area contributed by atoms with E-state index in [-0.39, 0.29) is 6.61 Å². The monoisotopic (exact) mass is 485 g/mol. The van der Waals surface area contributed by atoms with Crippen LogP contribution in [0.4, 0.5) is 0 Å². The number of hydrogen-bond donors (Lipinski definition) is 0. The van der Waals surface area contributed by atoms with Crippen molar-refractivity contribution < 1.29 is 33.3 Å². The van der Waals surface area contributed by atoms with Gasteiger partial charge in [-0.05, 0) is 35.4 Å². The van der Waals surface area contributed by atoms with Crippen LogP contribution in [0.15, 0.2) is 29.4 Å². The predicted octanol–water partition coefficient (Wildman–Crippen LogP) is 3.45. The average Bonchev–Trinajstić information content (AvgIpc) is 2.71. The van der Waals surface area contributed by atoms with E-state index in [1.807, 2.05) is 12.1 Å². The van der Waals surface area contributed by atoms with E-state index < -0.39 is 47.7 Å². The molecule has 32 heavy (non-hydrogen) atoms. The summed E-state index contributed by atoms with van der Waals surface area (Å²) in [6.07, 6.45) is -2.38. The van der Waals surface area contributed by atoms with Crippen LogP contribution < -0.4 is 0 Å².